The highest BCUT2D eigenvalue weighted by Gasteiger charge is 2.17. The summed E-state index contributed by atoms with van der Waals surface area (Å²) in [4.78, 5) is 19.1. The molecule has 0 saturated carbocycles. The minimum absolute atomic E-state index is 0.00918. The standard InChI is InChI=1S/C19H30N4O/c1-15-7-11-23(12-8-15)18-5-4-17(14-22-18)19(24)21-10-6-16-3-2-9-20-13-16/h4-5,14-16,20H,2-3,6-13H2,1H3,(H,21,24). The van der Waals surface area contributed by atoms with Crippen LogP contribution < -0.4 is 15.5 Å². The topological polar surface area (TPSA) is 57.3 Å². The van der Waals surface area contributed by atoms with Gasteiger partial charge in [-0.15, -0.1) is 0 Å². The van der Waals surface area contributed by atoms with Crippen LogP contribution in [0.3, 0.4) is 0 Å². The molecule has 1 aromatic rings. The lowest BCUT2D eigenvalue weighted by Crippen LogP contribution is -2.34. The summed E-state index contributed by atoms with van der Waals surface area (Å²) in [5, 5.41) is 6.45. The zero-order valence-electron chi connectivity index (χ0n) is 14.8. The molecule has 0 radical (unpaired) electrons. The fraction of sp³-hybridized carbons (Fsp3) is 0.684. The van der Waals surface area contributed by atoms with Crippen molar-refractivity contribution in [3.63, 3.8) is 0 Å². The van der Waals surface area contributed by atoms with Crippen molar-refractivity contribution in [2.45, 2.75) is 39.0 Å². The van der Waals surface area contributed by atoms with Crippen molar-refractivity contribution in [1.29, 1.82) is 0 Å². The molecule has 24 heavy (non-hydrogen) atoms. The molecule has 0 aromatic carbocycles. The molecular formula is C19H30N4O. The Kier molecular flexibility index (Phi) is 6.07. The smallest absolute Gasteiger partial charge is 0.252 e. The van der Waals surface area contributed by atoms with Gasteiger partial charge in [0.25, 0.3) is 5.91 Å². The van der Waals surface area contributed by atoms with Crippen LogP contribution in [0.1, 0.15) is 49.4 Å². The molecule has 0 spiro atoms. The largest absolute Gasteiger partial charge is 0.357 e. The van der Waals surface area contributed by atoms with Crippen LogP contribution in [0.2, 0.25) is 0 Å². The van der Waals surface area contributed by atoms with E-state index in [-0.39, 0.29) is 5.91 Å². The van der Waals surface area contributed by atoms with Crippen LogP contribution in [0, 0.1) is 11.8 Å². The number of rotatable bonds is 5. The number of hydrogen-bond donors (Lipinski definition) is 2. The maximum Gasteiger partial charge on any atom is 0.252 e. The van der Waals surface area contributed by atoms with E-state index < -0.39 is 0 Å². The number of hydrogen-bond acceptors (Lipinski definition) is 4. The van der Waals surface area contributed by atoms with Crippen molar-refractivity contribution < 1.29 is 4.79 Å². The summed E-state index contributed by atoms with van der Waals surface area (Å²) in [7, 11) is 0. The molecule has 1 unspecified atom stereocenters. The Hall–Kier alpha value is -1.62. The molecule has 1 aromatic heterocycles. The Bertz CT molecular complexity index is 517. The second-order valence-electron chi connectivity index (χ2n) is 7.33. The molecule has 2 aliphatic heterocycles. The third-order valence-corrected chi connectivity index (χ3v) is 5.35. The third-order valence-electron chi connectivity index (χ3n) is 5.35. The number of carbonyl (C=O) groups excluding carboxylic acids is 1. The van der Waals surface area contributed by atoms with Crippen molar-refractivity contribution in [3.8, 4) is 0 Å². The first-order valence-electron chi connectivity index (χ1n) is 9.42. The normalized spacial score (nSPS) is 22.4. The van der Waals surface area contributed by atoms with E-state index in [2.05, 4.69) is 27.4 Å². The first-order chi connectivity index (χ1) is 11.7. The Morgan fingerprint density at radius 3 is 2.83 bits per heavy atom. The average Bonchev–Trinajstić information content (AvgIpc) is 2.63. The lowest BCUT2D eigenvalue weighted by Gasteiger charge is -2.31. The highest BCUT2D eigenvalue weighted by molar-refractivity contribution is 5.94. The van der Waals surface area contributed by atoms with Gasteiger partial charge in [0.2, 0.25) is 0 Å². The maximum atomic E-state index is 12.2. The van der Waals surface area contributed by atoms with Gasteiger partial charge < -0.3 is 15.5 Å². The Balaban J connectivity index is 1.45. The van der Waals surface area contributed by atoms with E-state index in [1.807, 2.05) is 12.1 Å². The predicted octanol–water partition coefficient (Wildman–Crippen LogP) is 2.44. The van der Waals surface area contributed by atoms with Crippen LogP contribution in [0.15, 0.2) is 18.3 Å². The van der Waals surface area contributed by atoms with Gasteiger partial charge in [-0.2, -0.15) is 0 Å². The van der Waals surface area contributed by atoms with Gasteiger partial charge in [0.15, 0.2) is 0 Å². The second kappa shape index (κ2) is 8.47. The number of piperidine rings is 2. The summed E-state index contributed by atoms with van der Waals surface area (Å²) in [6.07, 6.45) is 7.73. The van der Waals surface area contributed by atoms with Crippen LogP contribution in [-0.4, -0.2) is 43.6 Å². The second-order valence-corrected chi connectivity index (χ2v) is 7.33. The molecular weight excluding hydrogens is 300 g/mol. The quantitative estimate of drug-likeness (QED) is 0.871. The fourth-order valence-electron chi connectivity index (χ4n) is 3.61. The van der Waals surface area contributed by atoms with Crippen molar-refractivity contribution in [2.24, 2.45) is 11.8 Å². The van der Waals surface area contributed by atoms with Crippen LogP contribution in [0.25, 0.3) is 0 Å². The lowest BCUT2D eigenvalue weighted by molar-refractivity contribution is 0.0950. The van der Waals surface area contributed by atoms with Crippen molar-refractivity contribution >= 4 is 11.7 Å². The molecule has 132 valence electrons. The summed E-state index contributed by atoms with van der Waals surface area (Å²) >= 11 is 0. The summed E-state index contributed by atoms with van der Waals surface area (Å²) in [5.41, 5.74) is 0.658. The number of aromatic nitrogens is 1. The summed E-state index contributed by atoms with van der Waals surface area (Å²) in [6, 6.07) is 3.88. The summed E-state index contributed by atoms with van der Waals surface area (Å²) in [5.74, 6) is 2.49. The van der Waals surface area contributed by atoms with E-state index in [9.17, 15) is 4.79 Å². The third kappa shape index (κ3) is 4.69. The SMILES string of the molecule is CC1CCN(c2ccc(C(=O)NCCC3CCCNC3)cn2)CC1. The van der Waals surface area contributed by atoms with Crippen molar-refractivity contribution in [1.82, 2.24) is 15.6 Å². The summed E-state index contributed by atoms with van der Waals surface area (Å²) in [6.45, 7) is 7.40. The van der Waals surface area contributed by atoms with Gasteiger partial charge in [-0.1, -0.05) is 6.92 Å². The van der Waals surface area contributed by atoms with Gasteiger partial charge in [-0.25, -0.2) is 4.98 Å². The maximum absolute atomic E-state index is 12.2. The molecule has 2 fully saturated rings. The van der Waals surface area contributed by atoms with E-state index in [1.165, 1.54) is 25.7 Å². The van der Waals surface area contributed by atoms with Gasteiger partial charge in [0, 0.05) is 25.8 Å². The van der Waals surface area contributed by atoms with Gasteiger partial charge in [0.05, 0.1) is 5.56 Å². The predicted molar refractivity (Wildman–Crippen MR) is 97.4 cm³/mol. The molecule has 2 N–H and O–H groups in total. The van der Waals surface area contributed by atoms with E-state index in [0.29, 0.717) is 11.5 Å². The van der Waals surface area contributed by atoms with Gasteiger partial charge >= 0.3 is 0 Å². The Morgan fingerprint density at radius 1 is 1.33 bits per heavy atom. The molecule has 2 aliphatic rings. The number of anilines is 1. The fourth-order valence-corrected chi connectivity index (χ4v) is 3.61. The lowest BCUT2D eigenvalue weighted by atomic mass is 9.96. The Labute approximate surface area is 145 Å². The van der Waals surface area contributed by atoms with Gasteiger partial charge in [0.1, 0.15) is 5.82 Å². The first kappa shape index (κ1) is 17.2. The number of nitrogens with zero attached hydrogens (tertiary/aromatic N) is 2. The molecule has 0 bridgehead atoms. The molecule has 5 heteroatoms. The van der Waals surface area contributed by atoms with Crippen LogP contribution in [0.4, 0.5) is 5.82 Å². The molecule has 1 atom stereocenters. The molecule has 2 saturated heterocycles. The Morgan fingerprint density at radius 2 is 2.17 bits per heavy atom. The minimum atomic E-state index is -0.00918. The van der Waals surface area contributed by atoms with Gasteiger partial charge in [-0.3, -0.25) is 4.79 Å². The highest BCUT2D eigenvalue weighted by Crippen LogP contribution is 2.21. The van der Waals surface area contributed by atoms with Crippen molar-refractivity contribution in [3.05, 3.63) is 23.9 Å². The molecule has 5 nitrogen and oxygen atoms in total. The van der Waals surface area contributed by atoms with E-state index in [1.54, 1.807) is 6.20 Å². The first-order valence-corrected chi connectivity index (χ1v) is 9.42. The molecule has 3 heterocycles. The zero-order chi connectivity index (χ0) is 16.8. The monoisotopic (exact) mass is 330 g/mol. The molecule has 3 rings (SSSR count). The van der Waals surface area contributed by atoms with E-state index in [4.69, 9.17) is 0 Å². The highest BCUT2D eigenvalue weighted by atomic mass is 16.1. The average molecular weight is 330 g/mol. The zero-order valence-corrected chi connectivity index (χ0v) is 14.8. The van der Waals surface area contributed by atoms with E-state index in [0.717, 1.165) is 50.9 Å². The number of amides is 1. The van der Waals surface area contributed by atoms with Crippen molar-refractivity contribution in [2.75, 3.05) is 37.6 Å². The van der Waals surface area contributed by atoms with Crippen LogP contribution in [0.5, 0.6) is 0 Å². The van der Waals surface area contributed by atoms with Crippen LogP contribution >= 0.6 is 0 Å². The number of carbonyl (C=O) groups is 1. The van der Waals surface area contributed by atoms with Gasteiger partial charge in [-0.05, 0) is 69.2 Å². The number of nitrogens with one attached hydrogen (secondary N) is 2. The summed E-state index contributed by atoms with van der Waals surface area (Å²) < 4.78 is 0. The number of pyridine rings is 1. The minimum Gasteiger partial charge on any atom is -0.357 e. The molecule has 0 aliphatic carbocycles. The van der Waals surface area contributed by atoms with Crippen LogP contribution in [-0.2, 0) is 0 Å². The van der Waals surface area contributed by atoms with E-state index >= 15 is 0 Å². The molecule has 1 amide bonds.